The van der Waals surface area contributed by atoms with Gasteiger partial charge in [0.15, 0.2) is 12.4 Å². The van der Waals surface area contributed by atoms with Crippen LogP contribution < -0.4 is 5.32 Å². The number of carbonyl (C=O) groups is 3. The number of alkyl carbamates (subject to hydrolysis) is 1. The van der Waals surface area contributed by atoms with Crippen LogP contribution in [0.15, 0.2) is 28.7 Å². The average Bonchev–Trinajstić information content (AvgIpc) is 2.48. The molecule has 0 aliphatic rings. The number of ether oxygens (including phenoxy) is 2. The van der Waals surface area contributed by atoms with E-state index in [1.807, 2.05) is 0 Å². The zero-order valence-corrected chi connectivity index (χ0v) is 17.6. The largest absolute Gasteiger partial charge is 0.456 e. The van der Waals surface area contributed by atoms with Crippen molar-refractivity contribution in [3.63, 3.8) is 0 Å². The van der Waals surface area contributed by atoms with E-state index in [0.29, 0.717) is 5.56 Å². The lowest BCUT2D eigenvalue weighted by Crippen LogP contribution is -2.51. The first-order chi connectivity index (χ1) is 11.8. The Hall–Kier alpha value is -1.89. The number of amides is 1. The molecule has 1 amide bonds. The molecule has 1 aromatic carbocycles. The minimum absolute atomic E-state index is 0.323. The van der Waals surface area contributed by atoms with Crippen LogP contribution in [0.4, 0.5) is 4.79 Å². The molecule has 0 aliphatic carbocycles. The van der Waals surface area contributed by atoms with Gasteiger partial charge < -0.3 is 14.8 Å². The van der Waals surface area contributed by atoms with Crippen molar-refractivity contribution in [2.75, 3.05) is 6.61 Å². The number of halogens is 1. The second-order valence-electron chi connectivity index (χ2n) is 7.98. The summed E-state index contributed by atoms with van der Waals surface area (Å²) in [6.07, 6.45) is -0.714. The molecule has 0 saturated heterocycles. The molecule has 0 aromatic heterocycles. The molecule has 1 N–H and O–H groups in total. The van der Waals surface area contributed by atoms with E-state index in [2.05, 4.69) is 21.2 Å². The third-order valence-corrected chi connectivity index (χ3v) is 3.80. The molecule has 1 rings (SSSR count). The van der Waals surface area contributed by atoms with Crippen molar-refractivity contribution in [3.8, 4) is 0 Å². The first kappa shape index (κ1) is 22.2. The molecule has 0 aliphatic heterocycles. The quantitative estimate of drug-likeness (QED) is 0.564. The summed E-state index contributed by atoms with van der Waals surface area (Å²) in [5.74, 6) is -1.01. The highest BCUT2D eigenvalue weighted by Gasteiger charge is 2.35. The van der Waals surface area contributed by atoms with Crippen molar-refractivity contribution in [2.45, 2.75) is 53.2 Å². The summed E-state index contributed by atoms with van der Waals surface area (Å²) >= 11 is 3.29. The van der Waals surface area contributed by atoms with Crippen LogP contribution in [-0.2, 0) is 14.3 Å². The van der Waals surface area contributed by atoms with E-state index in [0.717, 1.165) is 4.47 Å². The Kier molecular flexibility index (Phi) is 7.38. The minimum atomic E-state index is -0.949. The Balaban J connectivity index is 2.73. The van der Waals surface area contributed by atoms with Gasteiger partial charge in [-0.3, -0.25) is 4.79 Å². The lowest BCUT2D eigenvalue weighted by atomic mass is 9.87. The second-order valence-corrected chi connectivity index (χ2v) is 8.90. The third-order valence-electron chi connectivity index (χ3n) is 3.27. The summed E-state index contributed by atoms with van der Waals surface area (Å²) in [7, 11) is 0. The van der Waals surface area contributed by atoms with Crippen LogP contribution in [0.25, 0.3) is 0 Å². The Morgan fingerprint density at radius 1 is 1.04 bits per heavy atom. The predicted molar refractivity (Wildman–Crippen MR) is 102 cm³/mol. The maximum absolute atomic E-state index is 12.4. The molecule has 0 radical (unpaired) electrons. The van der Waals surface area contributed by atoms with E-state index < -0.39 is 35.7 Å². The van der Waals surface area contributed by atoms with Gasteiger partial charge in [0.2, 0.25) is 0 Å². The normalized spacial score (nSPS) is 12.9. The standard InChI is InChI=1S/C19H26BrNO5/c1-18(2,3)15(21-17(24)26-19(4,5)6)16(23)25-11-14(22)12-7-9-13(20)10-8-12/h7-10,15H,11H2,1-6H3,(H,21,24). The molecule has 1 atom stereocenters. The van der Waals surface area contributed by atoms with Crippen molar-refractivity contribution in [3.05, 3.63) is 34.3 Å². The molecular formula is C19H26BrNO5. The van der Waals surface area contributed by atoms with Crippen LogP contribution in [-0.4, -0.2) is 36.1 Å². The summed E-state index contributed by atoms with van der Waals surface area (Å²) in [6.45, 7) is 10.1. The summed E-state index contributed by atoms with van der Waals surface area (Å²) < 4.78 is 11.2. The molecule has 1 unspecified atom stereocenters. The van der Waals surface area contributed by atoms with E-state index in [-0.39, 0.29) is 5.78 Å². The highest BCUT2D eigenvalue weighted by molar-refractivity contribution is 9.10. The number of hydrogen-bond donors (Lipinski definition) is 1. The molecule has 0 spiro atoms. The molecule has 7 heteroatoms. The van der Waals surface area contributed by atoms with E-state index in [9.17, 15) is 14.4 Å². The topological polar surface area (TPSA) is 81.7 Å². The molecule has 0 fully saturated rings. The fourth-order valence-corrected chi connectivity index (χ4v) is 2.26. The molecule has 1 aromatic rings. The van der Waals surface area contributed by atoms with Crippen molar-refractivity contribution in [2.24, 2.45) is 5.41 Å². The van der Waals surface area contributed by atoms with Crippen LogP contribution >= 0.6 is 15.9 Å². The molecule has 6 nitrogen and oxygen atoms in total. The zero-order valence-electron chi connectivity index (χ0n) is 16.0. The van der Waals surface area contributed by atoms with Gasteiger partial charge in [-0.25, -0.2) is 9.59 Å². The number of nitrogens with one attached hydrogen (secondary N) is 1. The monoisotopic (exact) mass is 427 g/mol. The maximum Gasteiger partial charge on any atom is 0.408 e. The van der Waals surface area contributed by atoms with Gasteiger partial charge in [-0.05, 0) is 38.3 Å². The Morgan fingerprint density at radius 3 is 2.04 bits per heavy atom. The fourth-order valence-electron chi connectivity index (χ4n) is 1.99. The Labute approximate surface area is 162 Å². The lowest BCUT2D eigenvalue weighted by molar-refractivity contribution is -0.147. The van der Waals surface area contributed by atoms with Gasteiger partial charge in [-0.15, -0.1) is 0 Å². The fraction of sp³-hybridized carbons (Fsp3) is 0.526. The molecule has 0 saturated carbocycles. The van der Waals surface area contributed by atoms with Gasteiger partial charge >= 0.3 is 12.1 Å². The van der Waals surface area contributed by atoms with Crippen LogP contribution in [0.1, 0.15) is 51.9 Å². The number of rotatable bonds is 5. The molecule has 26 heavy (non-hydrogen) atoms. The smallest absolute Gasteiger partial charge is 0.408 e. The average molecular weight is 428 g/mol. The van der Waals surface area contributed by atoms with E-state index in [1.165, 1.54) is 0 Å². The van der Waals surface area contributed by atoms with Crippen LogP contribution in [0, 0.1) is 5.41 Å². The van der Waals surface area contributed by atoms with E-state index in [4.69, 9.17) is 9.47 Å². The summed E-state index contributed by atoms with van der Waals surface area (Å²) in [5, 5.41) is 2.53. The maximum atomic E-state index is 12.4. The number of benzene rings is 1. The molecule has 0 heterocycles. The van der Waals surface area contributed by atoms with Gasteiger partial charge in [-0.1, -0.05) is 48.8 Å². The number of ketones is 1. The highest BCUT2D eigenvalue weighted by Crippen LogP contribution is 2.21. The van der Waals surface area contributed by atoms with Crippen LogP contribution in [0.5, 0.6) is 0 Å². The van der Waals surface area contributed by atoms with Gasteiger partial charge in [0.1, 0.15) is 11.6 Å². The van der Waals surface area contributed by atoms with E-state index >= 15 is 0 Å². The Bertz CT molecular complexity index is 656. The van der Waals surface area contributed by atoms with Crippen molar-refractivity contribution < 1.29 is 23.9 Å². The van der Waals surface area contributed by atoms with Crippen molar-refractivity contribution >= 4 is 33.8 Å². The zero-order chi connectivity index (χ0) is 20.1. The SMILES string of the molecule is CC(C)(C)OC(=O)NC(C(=O)OCC(=O)c1ccc(Br)cc1)C(C)(C)C. The summed E-state index contributed by atoms with van der Waals surface area (Å²) in [5.41, 5.74) is -0.865. The van der Waals surface area contributed by atoms with Crippen LogP contribution in [0.2, 0.25) is 0 Å². The minimum Gasteiger partial charge on any atom is -0.456 e. The summed E-state index contributed by atoms with van der Waals surface area (Å²) in [4.78, 5) is 36.6. The number of esters is 1. The van der Waals surface area contributed by atoms with E-state index in [1.54, 1.807) is 65.8 Å². The third kappa shape index (κ3) is 7.56. The Morgan fingerprint density at radius 2 is 1.58 bits per heavy atom. The highest BCUT2D eigenvalue weighted by atomic mass is 79.9. The molecule has 0 bridgehead atoms. The number of hydrogen-bond acceptors (Lipinski definition) is 5. The number of Topliss-reactive ketones (excluding diaryl/α,β-unsaturated/α-hetero) is 1. The molecular weight excluding hydrogens is 402 g/mol. The van der Waals surface area contributed by atoms with Gasteiger partial charge in [0, 0.05) is 10.0 Å². The lowest BCUT2D eigenvalue weighted by Gasteiger charge is -2.30. The number of carbonyl (C=O) groups excluding carboxylic acids is 3. The van der Waals surface area contributed by atoms with Crippen LogP contribution in [0.3, 0.4) is 0 Å². The van der Waals surface area contributed by atoms with Crippen molar-refractivity contribution in [1.29, 1.82) is 0 Å². The predicted octanol–water partition coefficient (Wildman–Crippen LogP) is 4.11. The van der Waals surface area contributed by atoms with Gasteiger partial charge in [0.25, 0.3) is 0 Å². The summed E-state index contributed by atoms with van der Waals surface area (Å²) in [6, 6.07) is 5.80. The first-order valence-electron chi connectivity index (χ1n) is 8.24. The second kappa shape index (κ2) is 8.66. The van der Waals surface area contributed by atoms with Gasteiger partial charge in [0.05, 0.1) is 0 Å². The van der Waals surface area contributed by atoms with Crippen molar-refractivity contribution in [1.82, 2.24) is 5.32 Å². The molecule has 144 valence electrons. The first-order valence-corrected chi connectivity index (χ1v) is 9.04. The van der Waals surface area contributed by atoms with Gasteiger partial charge in [-0.2, -0.15) is 0 Å².